The van der Waals surface area contributed by atoms with Gasteiger partial charge in [0.2, 0.25) is 0 Å². The third-order valence-electron chi connectivity index (χ3n) is 3.38. The number of carbonyl (C=O) groups is 1. The summed E-state index contributed by atoms with van der Waals surface area (Å²) in [5.74, 6) is -0.0213. The van der Waals surface area contributed by atoms with Crippen LogP contribution in [0.1, 0.15) is 23.2 Å². The molecule has 1 atom stereocenters. The van der Waals surface area contributed by atoms with Crippen LogP contribution < -0.4 is 0 Å². The van der Waals surface area contributed by atoms with Crippen LogP contribution in [0.25, 0.3) is 0 Å². The number of carbonyl (C=O) groups excluding carboxylic acids is 1. The summed E-state index contributed by atoms with van der Waals surface area (Å²) in [5.41, 5.74) is 0.453. The molecule has 1 amide bonds. The number of aromatic nitrogens is 1. The van der Waals surface area contributed by atoms with Crippen LogP contribution in [0, 0.1) is 0 Å². The summed E-state index contributed by atoms with van der Waals surface area (Å²) in [7, 11) is 4.07. The molecule has 2 heterocycles. The Bertz CT molecular complexity index is 434. The summed E-state index contributed by atoms with van der Waals surface area (Å²) < 4.78 is 0. The predicted octanol–water partition coefficient (Wildman–Crippen LogP) is 0.953. The average Bonchev–Trinajstić information content (AvgIpc) is 2.38. The lowest BCUT2D eigenvalue weighted by Gasteiger charge is -2.36. The van der Waals surface area contributed by atoms with Gasteiger partial charge in [-0.15, -0.1) is 0 Å². The Labute approximate surface area is 107 Å². The van der Waals surface area contributed by atoms with Crippen molar-refractivity contribution in [3.8, 4) is 5.75 Å². The summed E-state index contributed by atoms with van der Waals surface area (Å²) in [6.07, 6.45) is 4.97. The lowest BCUT2D eigenvalue weighted by atomic mass is 10.0. The molecule has 0 aromatic carbocycles. The van der Waals surface area contributed by atoms with Crippen LogP contribution in [0.15, 0.2) is 18.5 Å². The van der Waals surface area contributed by atoms with Gasteiger partial charge in [-0.05, 0) is 33.0 Å². The first-order valence-electron chi connectivity index (χ1n) is 6.17. The fourth-order valence-electron chi connectivity index (χ4n) is 2.29. The van der Waals surface area contributed by atoms with E-state index in [0.29, 0.717) is 11.6 Å². The summed E-state index contributed by atoms with van der Waals surface area (Å²) >= 11 is 0. The second-order valence-electron chi connectivity index (χ2n) is 4.94. The van der Waals surface area contributed by atoms with Crippen LogP contribution in [-0.2, 0) is 0 Å². The van der Waals surface area contributed by atoms with Gasteiger partial charge in [0, 0.05) is 25.3 Å². The Morgan fingerprint density at radius 2 is 2.28 bits per heavy atom. The third-order valence-corrected chi connectivity index (χ3v) is 3.38. The molecule has 0 spiro atoms. The van der Waals surface area contributed by atoms with Crippen LogP contribution in [0.5, 0.6) is 5.75 Å². The second kappa shape index (κ2) is 5.35. The number of nitrogens with zero attached hydrogens (tertiary/aromatic N) is 3. The summed E-state index contributed by atoms with van der Waals surface area (Å²) in [5, 5.41) is 9.36. The third kappa shape index (κ3) is 2.79. The zero-order valence-electron chi connectivity index (χ0n) is 10.8. The molecular weight excluding hydrogens is 230 g/mol. The van der Waals surface area contributed by atoms with Gasteiger partial charge in [0.1, 0.15) is 5.75 Å². The van der Waals surface area contributed by atoms with Crippen molar-refractivity contribution >= 4 is 5.91 Å². The predicted molar refractivity (Wildman–Crippen MR) is 68.5 cm³/mol. The molecule has 0 saturated carbocycles. The lowest BCUT2D eigenvalue weighted by Crippen LogP contribution is -2.47. The highest BCUT2D eigenvalue weighted by atomic mass is 16.3. The minimum Gasteiger partial charge on any atom is -0.506 e. The average molecular weight is 249 g/mol. The van der Waals surface area contributed by atoms with Crippen molar-refractivity contribution < 1.29 is 9.90 Å². The molecular formula is C13H19N3O2. The van der Waals surface area contributed by atoms with Crippen LogP contribution >= 0.6 is 0 Å². The highest BCUT2D eigenvalue weighted by molar-refractivity contribution is 5.94. The SMILES string of the molecule is CN(C)[C@H]1CCCN(C(=O)c2cncc(O)c2)C1. The Kier molecular flexibility index (Phi) is 3.81. The molecule has 1 aromatic heterocycles. The van der Waals surface area contributed by atoms with Crippen molar-refractivity contribution in [3.05, 3.63) is 24.0 Å². The molecule has 1 N–H and O–H groups in total. The van der Waals surface area contributed by atoms with Gasteiger partial charge in [-0.1, -0.05) is 0 Å². The fourth-order valence-corrected chi connectivity index (χ4v) is 2.29. The molecule has 1 saturated heterocycles. The van der Waals surface area contributed by atoms with Gasteiger partial charge in [-0.25, -0.2) is 0 Å². The van der Waals surface area contributed by atoms with E-state index in [0.717, 1.165) is 25.9 Å². The van der Waals surface area contributed by atoms with E-state index in [-0.39, 0.29) is 11.7 Å². The van der Waals surface area contributed by atoms with Crippen molar-refractivity contribution in [1.29, 1.82) is 0 Å². The van der Waals surface area contributed by atoms with Crippen LogP contribution in [-0.4, -0.2) is 59.0 Å². The van der Waals surface area contributed by atoms with Crippen LogP contribution in [0.2, 0.25) is 0 Å². The van der Waals surface area contributed by atoms with Gasteiger partial charge >= 0.3 is 0 Å². The maximum atomic E-state index is 12.3. The zero-order valence-corrected chi connectivity index (χ0v) is 10.8. The maximum Gasteiger partial charge on any atom is 0.255 e. The van der Waals surface area contributed by atoms with Crippen molar-refractivity contribution in [1.82, 2.24) is 14.8 Å². The van der Waals surface area contributed by atoms with Crippen molar-refractivity contribution in [3.63, 3.8) is 0 Å². The molecule has 0 unspecified atom stereocenters. The molecule has 18 heavy (non-hydrogen) atoms. The Hall–Kier alpha value is -1.62. The van der Waals surface area contributed by atoms with Gasteiger partial charge in [-0.3, -0.25) is 9.78 Å². The number of hydrogen-bond donors (Lipinski definition) is 1. The first-order valence-corrected chi connectivity index (χ1v) is 6.17. The molecule has 98 valence electrons. The van der Waals surface area contributed by atoms with Gasteiger partial charge in [0.15, 0.2) is 0 Å². The molecule has 1 aliphatic heterocycles. The number of rotatable bonds is 2. The van der Waals surface area contributed by atoms with Crippen molar-refractivity contribution in [2.75, 3.05) is 27.2 Å². The molecule has 1 aliphatic rings. The summed E-state index contributed by atoms with van der Waals surface area (Å²) in [6, 6.07) is 1.88. The van der Waals surface area contributed by atoms with Crippen molar-refractivity contribution in [2.24, 2.45) is 0 Å². The van der Waals surface area contributed by atoms with E-state index in [4.69, 9.17) is 0 Å². The summed E-state index contributed by atoms with van der Waals surface area (Å²) in [4.78, 5) is 20.1. The van der Waals surface area contributed by atoms with Gasteiger partial charge < -0.3 is 14.9 Å². The number of hydrogen-bond acceptors (Lipinski definition) is 4. The molecule has 1 aromatic rings. The number of likely N-dealkylation sites (tertiary alicyclic amines) is 1. The Balaban J connectivity index is 2.09. The van der Waals surface area contributed by atoms with Gasteiger partial charge in [0.25, 0.3) is 5.91 Å². The number of piperidine rings is 1. The van der Waals surface area contributed by atoms with E-state index in [1.165, 1.54) is 18.5 Å². The minimum atomic E-state index is -0.0510. The lowest BCUT2D eigenvalue weighted by molar-refractivity contribution is 0.0634. The van der Waals surface area contributed by atoms with E-state index < -0.39 is 0 Å². The molecule has 5 nitrogen and oxygen atoms in total. The van der Waals surface area contributed by atoms with E-state index in [1.807, 2.05) is 19.0 Å². The highest BCUT2D eigenvalue weighted by Gasteiger charge is 2.25. The zero-order chi connectivity index (χ0) is 13.1. The molecule has 2 rings (SSSR count). The Morgan fingerprint density at radius 3 is 2.94 bits per heavy atom. The van der Waals surface area contributed by atoms with Crippen LogP contribution in [0.4, 0.5) is 0 Å². The molecule has 0 aliphatic carbocycles. The highest BCUT2D eigenvalue weighted by Crippen LogP contribution is 2.17. The summed E-state index contributed by atoms with van der Waals surface area (Å²) in [6.45, 7) is 1.51. The quantitative estimate of drug-likeness (QED) is 0.848. The first kappa shape index (κ1) is 12.8. The topological polar surface area (TPSA) is 56.7 Å². The van der Waals surface area contributed by atoms with E-state index >= 15 is 0 Å². The standard InChI is InChI=1S/C13H19N3O2/c1-15(2)11-4-3-5-16(9-11)13(18)10-6-12(17)8-14-7-10/h6-8,11,17H,3-5,9H2,1-2H3/t11-/m0/s1. The number of pyridine rings is 1. The van der Waals surface area contributed by atoms with Gasteiger partial charge in [0.05, 0.1) is 11.8 Å². The molecule has 0 radical (unpaired) electrons. The van der Waals surface area contributed by atoms with E-state index in [9.17, 15) is 9.90 Å². The number of likely N-dealkylation sites (N-methyl/N-ethyl adjacent to an activating group) is 1. The normalized spacial score (nSPS) is 20.2. The van der Waals surface area contributed by atoms with Crippen LogP contribution in [0.3, 0.4) is 0 Å². The monoisotopic (exact) mass is 249 g/mol. The molecule has 0 bridgehead atoms. The first-order chi connectivity index (χ1) is 8.58. The number of aromatic hydroxyl groups is 1. The molecule has 5 heteroatoms. The minimum absolute atomic E-state index is 0.0296. The Morgan fingerprint density at radius 1 is 1.50 bits per heavy atom. The fraction of sp³-hybridized carbons (Fsp3) is 0.538. The smallest absolute Gasteiger partial charge is 0.255 e. The van der Waals surface area contributed by atoms with E-state index in [2.05, 4.69) is 9.88 Å². The van der Waals surface area contributed by atoms with Gasteiger partial charge in [-0.2, -0.15) is 0 Å². The second-order valence-corrected chi connectivity index (χ2v) is 4.94. The molecule has 1 fully saturated rings. The maximum absolute atomic E-state index is 12.3. The van der Waals surface area contributed by atoms with Crippen molar-refractivity contribution in [2.45, 2.75) is 18.9 Å². The largest absolute Gasteiger partial charge is 0.506 e. The number of amides is 1. The van der Waals surface area contributed by atoms with E-state index in [1.54, 1.807) is 0 Å².